The number of carbonyl (C=O) groups is 1. The maximum absolute atomic E-state index is 12.3. The zero-order valence-corrected chi connectivity index (χ0v) is 19.9. The molecule has 0 bridgehead atoms. The third kappa shape index (κ3) is 4.38. The molecule has 0 aliphatic heterocycles. The van der Waals surface area contributed by atoms with E-state index in [9.17, 15) is 13.2 Å². The second kappa shape index (κ2) is 8.64. The van der Waals surface area contributed by atoms with Crippen molar-refractivity contribution in [2.45, 2.75) is 24.8 Å². The number of hydrogen-bond donors (Lipinski definition) is 1. The molecule has 0 radical (unpaired) electrons. The lowest BCUT2D eigenvalue weighted by Gasteiger charge is -2.43. The predicted octanol–water partition coefficient (Wildman–Crippen LogP) is 3.30. The maximum Gasteiger partial charge on any atom is 0.319 e. The molecule has 1 aliphatic rings. The molecule has 2 aromatic heterocycles. The van der Waals surface area contributed by atoms with Crippen LogP contribution in [-0.2, 0) is 15.6 Å². The van der Waals surface area contributed by atoms with Gasteiger partial charge in [-0.05, 0) is 51.1 Å². The van der Waals surface area contributed by atoms with E-state index < -0.39 is 16.1 Å². The van der Waals surface area contributed by atoms with Crippen molar-refractivity contribution in [2.75, 3.05) is 31.8 Å². The highest BCUT2D eigenvalue weighted by molar-refractivity contribution is 7.89. The fourth-order valence-electron chi connectivity index (χ4n) is 4.61. The average molecular weight is 468 g/mol. The number of urea groups is 1. The Balaban J connectivity index is 1.60. The fraction of sp³-hybridized carbons (Fsp3) is 0.333. The first-order valence-corrected chi connectivity index (χ1v) is 12.6. The van der Waals surface area contributed by atoms with Crippen molar-refractivity contribution in [3.8, 4) is 0 Å². The number of carbonyl (C=O) groups excluding carboxylic acids is 1. The minimum atomic E-state index is -3.46. The van der Waals surface area contributed by atoms with Crippen LogP contribution in [0.3, 0.4) is 0 Å². The van der Waals surface area contributed by atoms with Crippen LogP contribution in [0.4, 0.5) is 10.5 Å². The fourth-order valence-corrected chi connectivity index (χ4v) is 5.35. The molecule has 2 amide bonds. The highest BCUT2D eigenvalue weighted by Gasteiger charge is 2.36. The molecule has 0 saturated carbocycles. The van der Waals surface area contributed by atoms with Gasteiger partial charge in [0.25, 0.3) is 0 Å². The number of primary amides is 1. The lowest BCUT2D eigenvalue weighted by molar-refractivity contribution is 0.134. The smallest absolute Gasteiger partial charge is 0.319 e. The Labute approximate surface area is 194 Å². The van der Waals surface area contributed by atoms with E-state index in [4.69, 9.17) is 5.73 Å². The van der Waals surface area contributed by atoms with E-state index in [0.717, 1.165) is 35.1 Å². The van der Waals surface area contributed by atoms with Gasteiger partial charge in [0.1, 0.15) is 0 Å². The number of aromatic nitrogens is 2. The van der Waals surface area contributed by atoms with E-state index in [2.05, 4.69) is 54.3 Å². The van der Waals surface area contributed by atoms with Gasteiger partial charge in [0.2, 0.25) is 10.0 Å². The monoisotopic (exact) mass is 467 g/mol. The minimum Gasteiger partial charge on any atom is -0.351 e. The third-order valence-corrected chi connectivity index (χ3v) is 7.54. The third-order valence-electron chi connectivity index (χ3n) is 6.53. The SMILES string of the molecule is CN(C)[C@@]1(c2ccccc2)CC=C(CN(C(N)=O)c2cnc3c(ccn3S(C)(=O)=O)c2)CC1. The molecule has 1 aromatic carbocycles. The number of benzene rings is 1. The Kier molecular flexibility index (Phi) is 6.02. The number of pyridine rings is 1. The minimum absolute atomic E-state index is 0.0860. The van der Waals surface area contributed by atoms with E-state index in [1.54, 1.807) is 12.1 Å². The lowest BCUT2D eigenvalue weighted by Crippen LogP contribution is -2.44. The summed E-state index contributed by atoms with van der Waals surface area (Å²) in [6.07, 6.45) is 8.87. The Morgan fingerprint density at radius 3 is 2.52 bits per heavy atom. The predicted molar refractivity (Wildman–Crippen MR) is 131 cm³/mol. The molecule has 9 heteroatoms. The van der Waals surface area contributed by atoms with Gasteiger partial charge in [-0.3, -0.25) is 9.80 Å². The highest BCUT2D eigenvalue weighted by Crippen LogP contribution is 2.40. The average Bonchev–Trinajstić information content (AvgIpc) is 3.22. The largest absolute Gasteiger partial charge is 0.351 e. The van der Waals surface area contributed by atoms with Crippen LogP contribution in [0.2, 0.25) is 0 Å². The number of amides is 2. The van der Waals surface area contributed by atoms with E-state index in [1.807, 2.05) is 6.07 Å². The Bertz CT molecular complexity index is 1310. The van der Waals surface area contributed by atoms with Crippen LogP contribution in [0.15, 0.2) is 66.5 Å². The van der Waals surface area contributed by atoms with Crippen molar-refractivity contribution in [3.05, 3.63) is 72.1 Å². The number of nitrogens with two attached hydrogens (primary N) is 1. The van der Waals surface area contributed by atoms with Gasteiger partial charge < -0.3 is 5.73 Å². The molecule has 2 heterocycles. The molecule has 0 unspecified atom stereocenters. The number of rotatable bonds is 6. The molecule has 3 aromatic rings. The second-order valence-electron chi connectivity index (χ2n) is 8.76. The van der Waals surface area contributed by atoms with Gasteiger partial charge in [-0.15, -0.1) is 0 Å². The highest BCUT2D eigenvalue weighted by atomic mass is 32.2. The summed E-state index contributed by atoms with van der Waals surface area (Å²) in [4.78, 5) is 20.4. The second-order valence-corrected chi connectivity index (χ2v) is 10.6. The van der Waals surface area contributed by atoms with Gasteiger partial charge in [0, 0.05) is 23.7 Å². The van der Waals surface area contributed by atoms with E-state index in [-0.39, 0.29) is 5.54 Å². The number of nitrogens with zero attached hydrogens (tertiary/aromatic N) is 4. The van der Waals surface area contributed by atoms with Crippen molar-refractivity contribution in [1.82, 2.24) is 13.9 Å². The molecule has 0 saturated heterocycles. The summed E-state index contributed by atoms with van der Waals surface area (Å²) in [5, 5.41) is 0.623. The molecule has 8 nitrogen and oxygen atoms in total. The Morgan fingerprint density at radius 1 is 1.21 bits per heavy atom. The quantitative estimate of drug-likeness (QED) is 0.561. The molecule has 4 rings (SSSR count). The first kappa shape index (κ1) is 23.0. The van der Waals surface area contributed by atoms with Gasteiger partial charge in [0.15, 0.2) is 5.65 Å². The lowest BCUT2D eigenvalue weighted by atomic mass is 9.76. The van der Waals surface area contributed by atoms with Crippen LogP contribution in [0.25, 0.3) is 11.0 Å². The molecule has 0 fully saturated rings. The molecule has 0 spiro atoms. The van der Waals surface area contributed by atoms with Crippen LogP contribution in [-0.4, -0.2) is 55.2 Å². The molecule has 174 valence electrons. The Hall–Kier alpha value is -3.17. The summed E-state index contributed by atoms with van der Waals surface area (Å²) in [5.74, 6) is 0. The maximum atomic E-state index is 12.3. The molecule has 1 atom stereocenters. The zero-order valence-electron chi connectivity index (χ0n) is 19.1. The summed E-state index contributed by atoms with van der Waals surface area (Å²) < 4.78 is 25.0. The van der Waals surface area contributed by atoms with Gasteiger partial charge >= 0.3 is 6.03 Å². The first-order chi connectivity index (χ1) is 15.6. The van der Waals surface area contributed by atoms with E-state index in [1.165, 1.54) is 22.9 Å². The molecule has 2 N–H and O–H groups in total. The van der Waals surface area contributed by atoms with Crippen LogP contribution in [0.5, 0.6) is 0 Å². The van der Waals surface area contributed by atoms with Gasteiger partial charge in [-0.1, -0.05) is 42.0 Å². The van der Waals surface area contributed by atoms with Crippen LogP contribution < -0.4 is 10.6 Å². The normalized spacial score (nSPS) is 19.0. The van der Waals surface area contributed by atoms with Crippen LogP contribution >= 0.6 is 0 Å². The summed E-state index contributed by atoms with van der Waals surface area (Å²) in [6.45, 7) is 0.369. The summed E-state index contributed by atoms with van der Waals surface area (Å²) in [6, 6.07) is 13.3. The first-order valence-electron chi connectivity index (χ1n) is 10.8. The van der Waals surface area contributed by atoms with Gasteiger partial charge in [-0.25, -0.2) is 22.2 Å². The summed E-state index contributed by atoms with van der Waals surface area (Å²) in [5.41, 5.74) is 8.91. The van der Waals surface area contributed by atoms with Crippen LogP contribution in [0.1, 0.15) is 24.8 Å². The summed E-state index contributed by atoms with van der Waals surface area (Å²) in [7, 11) is 0.741. The van der Waals surface area contributed by atoms with Crippen molar-refractivity contribution >= 4 is 32.8 Å². The number of hydrogen-bond acceptors (Lipinski definition) is 5. The Morgan fingerprint density at radius 2 is 1.94 bits per heavy atom. The molecule has 33 heavy (non-hydrogen) atoms. The zero-order chi connectivity index (χ0) is 23.8. The van der Waals surface area contributed by atoms with Gasteiger partial charge in [-0.2, -0.15) is 0 Å². The number of anilines is 1. The van der Waals surface area contributed by atoms with E-state index in [0.29, 0.717) is 23.3 Å². The topological polar surface area (TPSA) is 102 Å². The van der Waals surface area contributed by atoms with Crippen molar-refractivity contribution < 1.29 is 13.2 Å². The molecular formula is C24H29N5O3S. The molecule has 1 aliphatic carbocycles. The van der Waals surface area contributed by atoms with Gasteiger partial charge in [0.05, 0.1) is 18.1 Å². The van der Waals surface area contributed by atoms with Crippen molar-refractivity contribution in [1.29, 1.82) is 0 Å². The number of fused-ring (bicyclic) bond motifs is 1. The van der Waals surface area contributed by atoms with Crippen molar-refractivity contribution in [2.24, 2.45) is 5.73 Å². The van der Waals surface area contributed by atoms with E-state index >= 15 is 0 Å². The summed E-state index contributed by atoms with van der Waals surface area (Å²) >= 11 is 0. The molecular weight excluding hydrogens is 438 g/mol. The van der Waals surface area contributed by atoms with Crippen LogP contribution in [0, 0.1) is 0 Å². The van der Waals surface area contributed by atoms with Crippen molar-refractivity contribution in [3.63, 3.8) is 0 Å². The standard InChI is InChI=1S/C24H29N5O3S/c1-27(2)24(20-7-5-4-6-8-20)12-9-18(10-13-24)17-28(23(25)30)21-15-19-11-14-29(33(3,31)32)22(19)26-16-21/h4-9,11,14-16H,10,12-13,17H2,1-3H3,(H2,25,30)/t24-/m0/s1.